The van der Waals surface area contributed by atoms with Crippen molar-refractivity contribution in [2.24, 2.45) is 0 Å². The number of hydrogen-bond acceptors (Lipinski definition) is 5. The van der Waals surface area contributed by atoms with Gasteiger partial charge < -0.3 is 9.80 Å². The summed E-state index contributed by atoms with van der Waals surface area (Å²) in [6.07, 6.45) is 1.59. The number of para-hydroxylation sites is 1. The SMILES string of the molecule is O=[N+]([O-])c1cccnc1N1CCN(c2ccccc2Cl)CC1. The van der Waals surface area contributed by atoms with E-state index in [0.717, 1.165) is 23.8 Å². The van der Waals surface area contributed by atoms with Crippen molar-refractivity contribution in [3.63, 3.8) is 0 Å². The molecule has 6 nitrogen and oxygen atoms in total. The molecule has 114 valence electrons. The molecule has 1 aromatic carbocycles. The summed E-state index contributed by atoms with van der Waals surface area (Å²) in [5.74, 6) is 0.436. The van der Waals surface area contributed by atoms with E-state index in [1.165, 1.54) is 6.07 Å². The van der Waals surface area contributed by atoms with Crippen molar-refractivity contribution >= 4 is 28.8 Å². The minimum atomic E-state index is -0.386. The van der Waals surface area contributed by atoms with E-state index in [9.17, 15) is 10.1 Å². The maximum Gasteiger partial charge on any atom is 0.311 e. The standard InChI is InChI=1S/C15H15ClN4O2/c16-12-4-1-2-5-13(12)18-8-10-19(11-9-18)15-14(20(21)22)6-3-7-17-15/h1-7H,8-11H2. The molecule has 0 radical (unpaired) electrons. The lowest BCUT2D eigenvalue weighted by atomic mass is 10.2. The van der Waals surface area contributed by atoms with Gasteiger partial charge in [0.25, 0.3) is 0 Å². The Morgan fingerprint density at radius 3 is 2.41 bits per heavy atom. The number of anilines is 2. The van der Waals surface area contributed by atoms with Crippen LogP contribution in [0.15, 0.2) is 42.6 Å². The molecule has 1 fully saturated rings. The second kappa shape index (κ2) is 6.19. The Labute approximate surface area is 133 Å². The van der Waals surface area contributed by atoms with Gasteiger partial charge in [0.1, 0.15) is 0 Å². The molecular weight excluding hydrogens is 304 g/mol. The zero-order valence-corrected chi connectivity index (χ0v) is 12.6. The minimum Gasteiger partial charge on any atom is -0.367 e. The topological polar surface area (TPSA) is 62.5 Å². The fourth-order valence-corrected chi connectivity index (χ4v) is 2.90. The Bertz CT molecular complexity index is 687. The summed E-state index contributed by atoms with van der Waals surface area (Å²) in [7, 11) is 0. The average Bonchev–Trinajstić information content (AvgIpc) is 2.55. The smallest absolute Gasteiger partial charge is 0.311 e. The minimum absolute atomic E-state index is 0.0497. The fourth-order valence-electron chi connectivity index (χ4n) is 2.64. The van der Waals surface area contributed by atoms with Gasteiger partial charge in [-0.05, 0) is 18.2 Å². The highest BCUT2D eigenvalue weighted by Gasteiger charge is 2.25. The molecule has 1 aliphatic heterocycles. The van der Waals surface area contributed by atoms with Crippen molar-refractivity contribution in [3.05, 3.63) is 57.7 Å². The molecule has 1 aromatic heterocycles. The number of rotatable bonds is 3. The molecule has 0 atom stereocenters. The Kier molecular flexibility index (Phi) is 4.11. The van der Waals surface area contributed by atoms with Gasteiger partial charge in [0.15, 0.2) is 0 Å². The summed E-state index contributed by atoms with van der Waals surface area (Å²) >= 11 is 6.22. The van der Waals surface area contributed by atoms with Crippen molar-refractivity contribution in [1.82, 2.24) is 4.98 Å². The lowest BCUT2D eigenvalue weighted by molar-refractivity contribution is -0.384. The highest BCUT2D eigenvalue weighted by atomic mass is 35.5. The van der Waals surface area contributed by atoms with E-state index in [0.29, 0.717) is 18.9 Å². The summed E-state index contributed by atoms with van der Waals surface area (Å²) in [6, 6.07) is 10.8. The largest absolute Gasteiger partial charge is 0.367 e. The Morgan fingerprint density at radius 2 is 1.73 bits per heavy atom. The van der Waals surface area contributed by atoms with Gasteiger partial charge in [0.2, 0.25) is 5.82 Å². The lowest BCUT2D eigenvalue weighted by Crippen LogP contribution is -2.47. The predicted octanol–water partition coefficient (Wildman–Crippen LogP) is 2.97. The van der Waals surface area contributed by atoms with Gasteiger partial charge in [0.05, 0.1) is 15.6 Å². The fraction of sp³-hybridized carbons (Fsp3) is 0.267. The molecule has 0 saturated carbocycles. The number of nitro groups is 1. The first-order valence-electron chi connectivity index (χ1n) is 7.00. The van der Waals surface area contributed by atoms with Gasteiger partial charge in [-0.25, -0.2) is 4.98 Å². The van der Waals surface area contributed by atoms with Crippen LogP contribution in [-0.4, -0.2) is 36.1 Å². The van der Waals surface area contributed by atoms with E-state index in [2.05, 4.69) is 9.88 Å². The van der Waals surface area contributed by atoms with Crippen molar-refractivity contribution < 1.29 is 4.92 Å². The zero-order valence-electron chi connectivity index (χ0n) is 11.9. The molecular formula is C15H15ClN4O2. The second-order valence-corrected chi connectivity index (χ2v) is 5.44. The van der Waals surface area contributed by atoms with Crippen LogP contribution in [0.1, 0.15) is 0 Å². The molecule has 22 heavy (non-hydrogen) atoms. The van der Waals surface area contributed by atoms with Gasteiger partial charge in [-0.15, -0.1) is 0 Å². The average molecular weight is 319 g/mol. The summed E-state index contributed by atoms with van der Waals surface area (Å²) in [4.78, 5) is 19.0. The van der Waals surface area contributed by atoms with E-state index >= 15 is 0 Å². The van der Waals surface area contributed by atoms with Gasteiger partial charge in [0, 0.05) is 38.4 Å². The molecule has 2 aromatic rings. The van der Waals surface area contributed by atoms with Crippen molar-refractivity contribution in [2.75, 3.05) is 36.0 Å². The van der Waals surface area contributed by atoms with Crippen LogP contribution in [0.2, 0.25) is 5.02 Å². The number of aromatic nitrogens is 1. The summed E-state index contributed by atoms with van der Waals surface area (Å²) < 4.78 is 0. The number of pyridine rings is 1. The monoisotopic (exact) mass is 318 g/mol. The Morgan fingerprint density at radius 1 is 1.05 bits per heavy atom. The van der Waals surface area contributed by atoms with E-state index < -0.39 is 0 Å². The van der Waals surface area contributed by atoms with Crippen molar-refractivity contribution in [1.29, 1.82) is 0 Å². The van der Waals surface area contributed by atoms with Gasteiger partial charge in [-0.1, -0.05) is 23.7 Å². The summed E-state index contributed by atoms with van der Waals surface area (Å²) in [5, 5.41) is 11.8. The van der Waals surface area contributed by atoms with E-state index in [1.807, 2.05) is 29.2 Å². The normalized spacial score (nSPS) is 15.0. The van der Waals surface area contributed by atoms with Crippen LogP contribution in [0, 0.1) is 10.1 Å². The second-order valence-electron chi connectivity index (χ2n) is 5.03. The highest BCUT2D eigenvalue weighted by Crippen LogP contribution is 2.29. The van der Waals surface area contributed by atoms with Crippen LogP contribution in [0.5, 0.6) is 0 Å². The van der Waals surface area contributed by atoms with Crippen molar-refractivity contribution in [2.45, 2.75) is 0 Å². The maximum absolute atomic E-state index is 11.1. The first-order valence-corrected chi connectivity index (χ1v) is 7.38. The molecule has 7 heteroatoms. The summed E-state index contributed by atoms with van der Waals surface area (Å²) in [6.45, 7) is 2.83. The number of piperazine rings is 1. The Hall–Kier alpha value is -2.34. The number of nitrogens with zero attached hydrogens (tertiary/aromatic N) is 4. The highest BCUT2D eigenvalue weighted by molar-refractivity contribution is 6.33. The van der Waals surface area contributed by atoms with Crippen molar-refractivity contribution in [3.8, 4) is 0 Å². The van der Waals surface area contributed by atoms with Crippen LogP contribution in [-0.2, 0) is 0 Å². The lowest BCUT2D eigenvalue weighted by Gasteiger charge is -2.36. The number of halogens is 1. The Balaban J connectivity index is 1.75. The van der Waals surface area contributed by atoms with Crippen LogP contribution in [0.4, 0.5) is 17.2 Å². The van der Waals surface area contributed by atoms with E-state index in [4.69, 9.17) is 11.6 Å². The van der Waals surface area contributed by atoms with Crippen LogP contribution in [0.3, 0.4) is 0 Å². The molecule has 0 amide bonds. The van der Waals surface area contributed by atoms with Crippen LogP contribution >= 0.6 is 11.6 Å². The number of hydrogen-bond donors (Lipinski definition) is 0. The molecule has 1 aliphatic rings. The van der Waals surface area contributed by atoms with E-state index in [-0.39, 0.29) is 10.6 Å². The molecule has 1 saturated heterocycles. The molecule has 2 heterocycles. The van der Waals surface area contributed by atoms with Gasteiger partial charge >= 0.3 is 5.69 Å². The van der Waals surface area contributed by atoms with E-state index in [1.54, 1.807) is 12.3 Å². The third kappa shape index (κ3) is 2.82. The maximum atomic E-state index is 11.1. The van der Waals surface area contributed by atoms with Crippen LogP contribution < -0.4 is 9.80 Å². The quantitative estimate of drug-likeness (QED) is 0.643. The molecule has 0 unspecified atom stereocenters. The third-order valence-corrected chi connectivity index (χ3v) is 4.05. The molecule has 0 spiro atoms. The van der Waals surface area contributed by atoms with Gasteiger partial charge in [-0.2, -0.15) is 0 Å². The molecule has 0 bridgehead atoms. The third-order valence-electron chi connectivity index (χ3n) is 3.74. The molecule has 0 N–H and O–H groups in total. The molecule has 3 rings (SSSR count). The predicted molar refractivity (Wildman–Crippen MR) is 86.8 cm³/mol. The molecule has 0 aliphatic carbocycles. The summed E-state index contributed by atoms with van der Waals surface area (Å²) in [5.41, 5.74) is 1.05. The zero-order chi connectivity index (χ0) is 15.5. The van der Waals surface area contributed by atoms with Gasteiger partial charge in [-0.3, -0.25) is 10.1 Å². The number of benzene rings is 1. The first-order chi connectivity index (χ1) is 10.7. The van der Waals surface area contributed by atoms with Crippen LogP contribution in [0.25, 0.3) is 0 Å². The first kappa shape index (κ1) is 14.6.